The first-order valence-electron chi connectivity index (χ1n) is 9.28. The zero-order valence-corrected chi connectivity index (χ0v) is 17.0. The van der Waals surface area contributed by atoms with Gasteiger partial charge in [0.1, 0.15) is 0 Å². The van der Waals surface area contributed by atoms with E-state index in [0.29, 0.717) is 5.92 Å². The van der Waals surface area contributed by atoms with Crippen LogP contribution in [0.5, 0.6) is 0 Å². The molecule has 0 amide bonds. The number of carboxylic acids is 1. The van der Waals surface area contributed by atoms with Gasteiger partial charge in [-0.1, -0.05) is 13.8 Å². The molecule has 0 unspecified atom stereocenters. The highest BCUT2D eigenvalue weighted by molar-refractivity contribution is 5.73. The minimum Gasteiger partial charge on any atom is -0.475 e. The normalized spacial score (nSPS) is 13.8. The molecule has 29 heavy (non-hydrogen) atoms. The fraction of sp³-hybridized carbons (Fsp3) is 0.611. The molecule has 0 radical (unpaired) electrons. The molecule has 0 fully saturated rings. The highest BCUT2D eigenvalue weighted by atomic mass is 19.4. The van der Waals surface area contributed by atoms with Crippen molar-refractivity contribution in [2.24, 2.45) is 14.1 Å². The monoisotopic (exact) mass is 416 g/mol. The van der Waals surface area contributed by atoms with Gasteiger partial charge in [0.25, 0.3) is 0 Å². The number of nitrogens with one attached hydrogen (secondary N) is 2. The predicted molar refractivity (Wildman–Crippen MR) is 100 cm³/mol. The van der Waals surface area contributed by atoms with Crippen molar-refractivity contribution in [1.82, 2.24) is 30.2 Å². The fourth-order valence-electron chi connectivity index (χ4n) is 3.24. The molecule has 0 saturated carbocycles. The molecule has 0 atom stereocenters. The number of aliphatic carboxylic acids is 1. The molecule has 8 nitrogen and oxygen atoms in total. The fourth-order valence-corrected chi connectivity index (χ4v) is 3.24. The lowest BCUT2D eigenvalue weighted by atomic mass is 10.1. The van der Waals surface area contributed by atoms with Crippen LogP contribution in [0, 0.1) is 0 Å². The van der Waals surface area contributed by atoms with E-state index in [1.165, 1.54) is 28.2 Å². The maximum absolute atomic E-state index is 10.6. The van der Waals surface area contributed by atoms with Crippen molar-refractivity contribution in [1.29, 1.82) is 0 Å². The Labute approximate surface area is 167 Å². The van der Waals surface area contributed by atoms with Crippen molar-refractivity contribution in [3.8, 4) is 0 Å². The zero-order valence-electron chi connectivity index (χ0n) is 17.0. The summed E-state index contributed by atoms with van der Waals surface area (Å²) in [5, 5.41) is 23.3. The molecule has 0 saturated heterocycles. The molecular formula is C18H27F3N6O2. The van der Waals surface area contributed by atoms with E-state index in [4.69, 9.17) is 9.90 Å². The van der Waals surface area contributed by atoms with E-state index in [2.05, 4.69) is 40.9 Å². The van der Waals surface area contributed by atoms with Crippen molar-refractivity contribution in [2.75, 3.05) is 6.54 Å². The summed E-state index contributed by atoms with van der Waals surface area (Å²) in [5.41, 5.74) is 6.37. The second kappa shape index (κ2) is 9.40. The summed E-state index contributed by atoms with van der Waals surface area (Å²) in [4.78, 5) is 8.90. The summed E-state index contributed by atoms with van der Waals surface area (Å²) in [6.07, 6.45) is -1.91. The van der Waals surface area contributed by atoms with Crippen LogP contribution < -0.4 is 10.6 Å². The van der Waals surface area contributed by atoms with Crippen LogP contribution in [0.3, 0.4) is 0 Å². The van der Waals surface area contributed by atoms with Crippen LogP contribution in [0.4, 0.5) is 13.2 Å². The number of halogens is 3. The maximum Gasteiger partial charge on any atom is 0.490 e. The van der Waals surface area contributed by atoms with E-state index in [1.807, 2.05) is 23.5 Å². The van der Waals surface area contributed by atoms with Crippen LogP contribution in [0.15, 0.2) is 6.20 Å². The summed E-state index contributed by atoms with van der Waals surface area (Å²) in [6.45, 7) is 7.99. The molecule has 162 valence electrons. The number of aromatic nitrogens is 4. The van der Waals surface area contributed by atoms with Gasteiger partial charge in [0.05, 0.1) is 11.4 Å². The standard InChI is InChI=1S/C16H26N6.C2HF3O2/c1-11(2)16-12(10-21(3)20-16)7-18-9-14-13-8-17-6-5-15(13)22(4)19-14;3-2(4,5)1(6)7/h10-11,17-18H,5-9H2,1-4H3;(H,6,7). The van der Waals surface area contributed by atoms with Gasteiger partial charge in [0.15, 0.2) is 0 Å². The van der Waals surface area contributed by atoms with Crippen molar-refractivity contribution in [3.63, 3.8) is 0 Å². The SMILES string of the molecule is CC(C)c1nn(C)cc1CNCc1nn(C)c2c1CNCC2.O=C(O)C(F)(F)F. The van der Waals surface area contributed by atoms with Crippen molar-refractivity contribution >= 4 is 5.97 Å². The van der Waals surface area contributed by atoms with E-state index in [-0.39, 0.29) is 0 Å². The number of rotatable bonds is 5. The molecule has 3 rings (SSSR count). The minimum absolute atomic E-state index is 0.449. The topological polar surface area (TPSA) is 97.0 Å². The molecule has 3 N–H and O–H groups in total. The van der Waals surface area contributed by atoms with Crippen LogP contribution >= 0.6 is 0 Å². The van der Waals surface area contributed by atoms with Gasteiger partial charge in [-0.3, -0.25) is 9.36 Å². The van der Waals surface area contributed by atoms with Gasteiger partial charge in [0.2, 0.25) is 0 Å². The second-order valence-corrected chi connectivity index (χ2v) is 7.20. The lowest BCUT2D eigenvalue weighted by Gasteiger charge is -2.14. The molecule has 11 heteroatoms. The highest BCUT2D eigenvalue weighted by Crippen LogP contribution is 2.19. The number of fused-ring (bicyclic) bond motifs is 1. The van der Waals surface area contributed by atoms with E-state index >= 15 is 0 Å². The zero-order chi connectivity index (χ0) is 21.8. The predicted octanol–water partition coefficient (Wildman–Crippen LogP) is 1.85. The molecule has 1 aliphatic rings. The third-order valence-electron chi connectivity index (χ3n) is 4.53. The summed E-state index contributed by atoms with van der Waals surface area (Å²) in [5.74, 6) is -2.31. The average Bonchev–Trinajstić information content (AvgIpc) is 3.16. The Kier molecular flexibility index (Phi) is 7.42. The third-order valence-corrected chi connectivity index (χ3v) is 4.53. The Morgan fingerprint density at radius 1 is 1.31 bits per heavy atom. The first-order chi connectivity index (χ1) is 13.5. The lowest BCUT2D eigenvalue weighted by molar-refractivity contribution is -0.192. The maximum atomic E-state index is 10.6. The molecule has 2 aromatic rings. The van der Waals surface area contributed by atoms with Crippen molar-refractivity contribution < 1.29 is 23.1 Å². The largest absolute Gasteiger partial charge is 0.490 e. The van der Waals surface area contributed by atoms with Crippen LogP contribution in [0.2, 0.25) is 0 Å². The quantitative estimate of drug-likeness (QED) is 0.688. The summed E-state index contributed by atoms with van der Waals surface area (Å²) >= 11 is 0. The van der Waals surface area contributed by atoms with E-state index < -0.39 is 12.1 Å². The molecule has 0 spiro atoms. The summed E-state index contributed by atoms with van der Waals surface area (Å²) < 4.78 is 35.7. The molecule has 0 bridgehead atoms. The Hall–Kier alpha value is -2.40. The average molecular weight is 416 g/mol. The van der Waals surface area contributed by atoms with Crippen LogP contribution in [0.25, 0.3) is 0 Å². The molecule has 2 aromatic heterocycles. The number of hydrogen-bond donors (Lipinski definition) is 3. The number of carboxylic acid groups (broad SMARTS) is 1. The molecule has 0 aromatic carbocycles. The number of alkyl halides is 3. The van der Waals surface area contributed by atoms with Gasteiger partial charge >= 0.3 is 12.1 Å². The number of aryl methyl sites for hydroxylation is 2. The molecule has 1 aliphatic heterocycles. The number of hydrogen-bond acceptors (Lipinski definition) is 5. The minimum atomic E-state index is -5.08. The van der Waals surface area contributed by atoms with Crippen molar-refractivity contribution in [3.05, 3.63) is 34.4 Å². The number of nitrogens with zero attached hydrogens (tertiary/aromatic N) is 4. The van der Waals surface area contributed by atoms with Crippen molar-refractivity contribution in [2.45, 2.75) is 52.0 Å². The first kappa shape index (κ1) is 22.9. The Balaban J connectivity index is 0.000000370. The molecule has 0 aliphatic carbocycles. The van der Waals surface area contributed by atoms with Gasteiger partial charge in [-0.05, 0) is 5.92 Å². The Bertz CT molecular complexity index is 842. The van der Waals surface area contributed by atoms with E-state index in [9.17, 15) is 13.2 Å². The Morgan fingerprint density at radius 2 is 1.97 bits per heavy atom. The van der Waals surface area contributed by atoms with Gasteiger partial charge in [0, 0.05) is 69.7 Å². The second-order valence-electron chi connectivity index (χ2n) is 7.20. The van der Waals surface area contributed by atoms with Gasteiger partial charge in [-0.2, -0.15) is 23.4 Å². The van der Waals surface area contributed by atoms with Crippen LogP contribution in [0.1, 0.15) is 48.0 Å². The first-order valence-corrected chi connectivity index (χ1v) is 9.28. The third kappa shape index (κ3) is 6.04. The summed E-state index contributed by atoms with van der Waals surface area (Å²) in [7, 11) is 4.03. The smallest absolute Gasteiger partial charge is 0.475 e. The number of carbonyl (C=O) groups is 1. The van der Waals surface area contributed by atoms with E-state index in [0.717, 1.165) is 32.6 Å². The Morgan fingerprint density at radius 3 is 2.55 bits per heavy atom. The summed E-state index contributed by atoms with van der Waals surface area (Å²) in [6, 6.07) is 0. The van der Waals surface area contributed by atoms with E-state index in [1.54, 1.807) is 0 Å². The van der Waals surface area contributed by atoms with Crippen LogP contribution in [-0.2, 0) is 44.9 Å². The molecular weight excluding hydrogens is 389 g/mol. The van der Waals surface area contributed by atoms with Gasteiger partial charge in [-0.15, -0.1) is 0 Å². The van der Waals surface area contributed by atoms with Gasteiger partial charge in [-0.25, -0.2) is 4.79 Å². The van der Waals surface area contributed by atoms with Gasteiger partial charge < -0.3 is 15.7 Å². The lowest BCUT2D eigenvalue weighted by Crippen LogP contribution is -2.25. The van der Waals surface area contributed by atoms with Crippen LogP contribution in [-0.4, -0.2) is 43.4 Å². The molecule has 3 heterocycles. The highest BCUT2D eigenvalue weighted by Gasteiger charge is 2.38.